The smallest absolute Gasteiger partial charge is 0.337 e. The van der Waals surface area contributed by atoms with Crippen molar-refractivity contribution in [2.75, 3.05) is 7.11 Å². The van der Waals surface area contributed by atoms with Crippen LogP contribution >= 0.6 is 0 Å². The van der Waals surface area contributed by atoms with Gasteiger partial charge in [0.1, 0.15) is 12.2 Å². The van der Waals surface area contributed by atoms with Gasteiger partial charge in [0.2, 0.25) is 0 Å². The maximum absolute atomic E-state index is 10.9. The molecule has 70 valence electrons. The van der Waals surface area contributed by atoms with E-state index in [0.717, 1.165) is 0 Å². The van der Waals surface area contributed by atoms with Crippen molar-refractivity contribution >= 4 is 5.97 Å². The van der Waals surface area contributed by atoms with Crippen LogP contribution in [0.4, 0.5) is 0 Å². The fraction of sp³-hybridized carbons (Fsp3) is 0.857. The quantitative estimate of drug-likeness (QED) is 0.484. The second kappa shape index (κ2) is 3.38. The number of aliphatic hydroxyl groups excluding tert-OH is 2. The third-order valence-electron chi connectivity index (χ3n) is 1.94. The lowest BCUT2D eigenvalue weighted by Gasteiger charge is -2.11. The normalized spacial score (nSPS) is 41.3. The van der Waals surface area contributed by atoms with Crippen LogP contribution in [-0.4, -0.2) is 47.7 Å². The van der Waals surface area contributed by atoms with Gasteiger partial charge in [-0.2, -0.15) is 0 Å². The summed E-state index contributed by atoms with van der Waals surface area (Å²) in [6.45, 7) is 1.58. The lowest BCUT2D eigenvalue weighted by Crippen LogP contribution is -2.36. The molecule has 5 heteroatoms. The largest absolute Gasteiger partial charge is 0.467 e. The summed E-state index contributed by atoms with van der Waals surface area (Å²) in [6.07, 6.45) is -3.80. The number of methoxy groups -OCH3 is 1. The number of aliphatic hydroxyl groups is 2. The van der Waals surface area contributed by atoms with Crippen LogP contribution in [0, 0.1) is 0 Å². The molecule has 1 heterocycles. The average Bonchev–Trinajstić information content (AvgIpc) is 2.32. The second-order valence-electron chi connectivity index (χ2n) is 2.77. The molecule has 5 nitrogen and oxygen atoms in total. The predicted molar refractivity (Wildman–Crippen MR) is 38.4 cm³/mol. The number of carbonyl (C=O) groups excluding carboxylic acids is 1. The van der Waals surface area contributed by atoms with Gasteiger partial charge >= 0.3 is 5.97 Å². The van der Waals surface area contributed by atoms with Crippen molar-refractivity contribution in [3.8, 4) is 0 Å². The van der Waals surface area contributed by atoms with Gasteiger partial charge in [0.25, 0.3) is 0 Å². The molecule has 0 aromatic heterocycles. The zero-order chi connectivity index (χ0) is 9.30. The van der Waals surface area contributed by atoms with Gasteiger partial charge in [-0.25, -0.2) is 4.79 Å². The van der Waals surface area contributed by atoms with Crippen LogP contribution in [0.15, 0.2) is 0 Å². The van der Waals surface area contributed by atoms with E-state index in [2.05, 4.69) is 4.74 Å². The van der Waals surface area contributed by atoms with Crippen LogP contribution in [0.3, 0.4) is 0 Å². The molecular formula is C7H12O5. The third-order valence-corrected chi connectivity index (χ3v) is 1.94. The summed E-state index contributed by atoms with van der Waals surface area (Å²) >= 11 is 0. The van der Waals surface area contributed by atoms with Crippen molar-refractivity contribution in [1.82, 2.24) is 0 Å². The zero-order valence-electron chi connectivity index (χ0n) is 6.93. The molecule has 0 spiro atoms. The maximum atomic E-state index is 10.9. The Bertz CT molecular complexity index is 181. The lowest BCUT2D eigenvalue weighted by molar-refractivity contribution is -0.156. The number of carbonyl (C=O) groups is 1. The Morgan fingerprint density at radius 1 is 1.42 bits per heavy atom. The van der Waals surface area contributed by atoms with Crippen LogP contribution in [0.1, 0.15) is 6.92 Å². The highest BCUT2D eigenvalue weighted by atomic mass is 16.6. The molecule has 1 saturated heterocycles. The molecule has 0 radical (unpaired) electrons. The van der Waals surface area contributed by atoms with E-state index < -0.39 is 30.4 Å². The van der Waals surface area contributed by atoms with E-state index in [1.807, 2.05) is 0 Å². The van der Waals surface area contributed by atoms with Crippen molar-refractivity contribution in [3.63, 3.8) is 0 Å². The molecule has 12 heavy (non-hydrogen) atoms. The number of ether oxygens (including phenoxy) is 2. The van der Waals surface area contributed by atoms with E-state index in [9.17, 15) is 15.0 Å². The number of esters is 1. The van der Waals surface area contributed by atoms with Crippen molar-refractivity contribution in [2.24, 2.45) is 0 Å². The molecule has 1 fully saturated rings. The molecule has 0 saturated carbocycles. The molecule has 1 aliphatic rings. The summed E-state index contributed by atoms with van der Waals surface area (Å²) in [7, 11) is 1.20. The number of hydrogen-bond acceptors (Lipinski definition) is 5. The topological polar surface area (TPSA) is 76.0 Å². The van der Waals surface area contributed by atoms with Gasteiger partial charge in [-0.3, -0.25) is 0 Å². The van der Waals surface area contributed by atoms with Crippen molar-refractivity contribution in [2.45, 2.75) is 31.3 Å². The summed E-state index contributed by atoms with van der Waals surface area (Å²) < 4.78 is 9.33. The molecule has 2 N–H and O–H groups in total. The van der Waals surface area contributed by atoms with E-state index in [1.165, 1.54) is 7.11 Å². The summed E-state index contributed by atoms with van der Waals surface area (Å²) in [5, 5.41) is 18.5. The molecular weight excluding hydrogens is 164 g/mol. The Morgan fingerprint density at radius 3 is 2.33 bits per heavy atom. The first kappa shape index (κ1) is 9.44. The van der Waals surface area contributed by atoms with Gasteiger partial charge in [0.15, 0.2) is 6.10 Å². The Morgan fingerprint density at radius 2 is 2.00 bits per heavy atom. The third kappa shape index (κ3) is 1.43. The zero-order valence-corrected chi connectivity index (χ0v) is 6.93. The van der Waals surface area contributed by atoms with E-state index in [1.54, 1.807) is 6.92 Å². The Balaban J connectivity index is 2.64. The highest BCUT2D eigenvalue weighted by molar-refractivity contribution is 5.75. The first-order chi connectivity index (χ1) is 5.57. The molecule has 1 rings (SSSR count). The monoisotopic (exact) mass is 176 g/mol. The predicted octanol–water partition coefficient (Wildman–Crippen LogP) is -1.33. The maximum Gasteiger partial charge on any atom is 0.337 e. The Hall–Kier alpha value is -0.650. The molecule has 0 bridgehead atoms. The lowest BCUT2D eigenvalue weighted by atomic mass is 10.1. The van der Waals surface area contributed by atoms with Gasteiger partial charge in [-0.15, -0.1) is 0 Å². The molecule has 1 aliphatic heterocycles. The molecule has 0 aliphatic carbocycles. The molecule has 0 aromatic rings. The summed E-state index contributed by atoms with van der Waals surface area (Å²) in [5.41, 5.74) is 0. The minimum atomic E-state index is -1.19. The fourth-order valence-electron chi connectivity index (χ4n) is 1.16. The highest BCUT2D eigenvalue weighted by Gasteiger charge is 2.44. The standard InChI is InChI=1S/C7H12O5/c1-3-4(8)5(9)6(12-3)7(10)11-2/h3-6,8-9H,1-2H3/t3-,4-,5+,6-/m0/s1. The molecule has 0 amide bonds. The molecule has 0 aromatic carbocycles. The Labute approximate surface area is 69.9 Å². The van der Waals surface area contributed by atoms with Crippen LogP contribution in [0.25, 0.3) is 0 Å². The van der Waals surface area contributed by atoms with Crippen LogP contribution in [0.5, 0.6) is 0 Å². The number of rotatable bonds is 1. The van der Waals surface area contributed by atoms with Crippen LogP contribution in [-0.2, 0) is 14.3 Å². The first-order valence-electron chi connectivity index (χ1n) is 3.67. The Kier molecular flexibility index (Phi) is 2.66. The summed E-state index contributed by atoms with van der Waals surface area (Å²) in [6, 6.07) is 0. The van der Waals surface area contributed by atoms with Gasteiger partial charge in [-0.05, 0) is 6.92 Å². The molecule has 4 atom stereocenters. The van der Waals surface area contributed by atoms with Gasteiger partial charge < -0.3 is 19.7 Å². The van der Waals surface area contributed by atoms with Crippen molar-refractivity contribution in [1.29, 1.82) is 0 Å². The van der Waals surface area contributed by atoms with E-state index >= 15 is 0 Å². The minimum Gasteiger partial charge on any atom is -0.467 e. The van der Waals surface area contributed by atoms with Crippen molar-refractivity contribution in [3.05, 3.63) is 0 Å². The second-order valence-corrected chi connectivity index (χ2v) is 2.77. The van der Waals surface area contributed by atoms with Gasteiger partial charge in [0.05, 0.1) is 13.2 Å². The van der Waals surface area contributed by atoms with Gasteiger partial charge in [0, 0.05) is 0 Å². The van der Waals surface area contributed by atoms with Crippen LogP contribution < -0.4 is 0 Å². The number of hydrogen-bond donors (Lipinski definition) is 2. The fourth-order valence-corrected chi connectivity index (χ4v) is 1.16. The summed E-state index contributed by atoms with van der Waals surface area (Å²) in [4.78, 5) is 10.9. The van der Waals surface area contributed by atoms with Crippen LogP contribution in [0.2, 0.25) is 0 Å². The van der Waals surface area contributed by atoms with E-state index in [0.29, 0.717) is 0 Å². The van der Waals surface area contributed by atoms with Crippen molar-refractivity contribution < 1.29 is 24.5 Å². The first-order valence-corrected chi connectivity index (χ1v) is 3.67. The van der Waals surface area contributed by atoms with Gasteiger partial charge in [-0.1, -0.05) is 0 Å². The SMILES string of the molecule is COC(=O)[C@H]1O[C@@H](C)[C@H](O)[C@H]1O. The molecule has 0 unspecified atom stereocenters. The van der Waals surface area contributed by atoms with E-state index in [-0.39, 0.29) is 0 Å². The minimum absolute atomic E-state index is 0.538. The van der Waals surface area contributed by atoms with E-state index in [4.69, 9.17) is 4.74 Å². The average molecular weight is 176 g/mol. The summed E-state index contributed by atoms with van der Waals surface area (Å²) in [5.74, 6) is -0.661. The highest BCUT2D eigenvalue weighted by Crippen LogP contribution is 2.21.